The maximum atomic E-state index is 12.2. The summed E-state index contributed by atoms with van der Waals surface area (Å²) in [6.45, 7) is 0.315. The Morgan fingerprint density at radius 3 is 2.75 bits per heavy atom. The number of sulfonamides is 1. The fourth-order valence-corrected chi connectivity index (χ4v) is 3.48. The fourth-order valence-electron chi connectivity index (χ4n) is 1.99. The molecule has 0 radical (unpaired) electrons. The molecule has 9 heteroatoms. The summed E-state index contributed by atoms with van der Waals surface area (Å²) >= 11 is 5.62. The standard InChI is InChI=1S/C11H14ClN3O4S/c1-15-6-7(2-3-10(15)16)14-20(18,19)8-4-9(12)11(17)13-5-8/h4-5,7,14H,2-3,6H2,1H3,(H,13,17). The van der Waals surface area contributed by atoms with Gasteiger partial charge in [0.25, 0.3) is 5.56 Å². The Hall–Kier alpha value is -1.38. The number of nitrogens with one attached hydrogen (secondary N) is 2. The van der Waals surface area contributed by atoms with E-state index in [0.29, 0.717) is 19.4 Å². The first-order valence-electron chi connectivity index (χ1n) is 5.94. The molecule has 20 heavy (non-hydrogen) atoms. The Morgan fingerprint density at radius 1 is 1.45 bits per heavy atom. The third kappa shape index (κ3) is 3.20. The van der Waals surface area contributed by atoms with Crippen molar-refractivity contribution in [2.24, 2.45) is 0 Å². The lowest BCUT2D eigenvalue weighted by atomic mass is 10.1. The van der Waals surface area contributed by atoms with Crippen molar-refractivity contribution in [3.05, 3.63) is 27.6 Å². The lowest BCUT2D eigenvalue weighted by molar-refractivity contribution is -0.132. The number of carbonyl (C=O) groups excluding carboxylic acids is 1. The molecular formula is C11H14ClN3O4S. The number of H-pyrrole nitrogens is 1. The minimum Gasteiger partial charge on any atom is -0.344 e. The molecule has 1 aromatic rings. The van der Waals surface area contributed by atoms with E-state index in [-0.39, 0.29) is 21.9 Å². The van der Waals surface area contributed by atoms with Gasteiger partial charge in [0.05, 0.1) is 4.90 Å². The number of nitrogens with zero attached hydrogens (tertiary/aromatic N) is 1. The first kappa shape index (κ1) is 15.0. The molecule has 0 spiro atoms. The monoisotopic (exact) mass is 319 g/mol. The Kier molecular flexibility index (Phi) is 4.17. The highest BCUT2D eigenvalue weighted by atomic mass is 35.5. The van der Waals surface area contributed by atoms with Crippen molar-refractivity contribution >= 4 is 27.5 Å². The number of likely N-dealkylation sites (N-methyl/N-ethyl adjacent to an activating group) is 1. The van der Waals surface area contributed by atoms with Gasteiger partial charge in [-0.25, -0.2) is 13.1 Å². The summed E-state index contributed by atoms with van der Waals surface area (Å²) in [7, 11) is -2.16. The molecular weight excluding hydrogens is 306 g/mol. The molecule has 0 bridgehead atoms. The number of hydrogen-bond donors (Lipinski definition) is 2. The highest BCUT2D eigenvalue weighted by molar-refractivity contribution is 7.89. The molecule has 7 nitrogen and oxygen atoms in total. The predicted molar refractivity (Wildman–Crippen MR) is 73.1 cm³/mol. The second kappa shape index (κ2) is 5.55. The SMILES string of the molecule is CN1CC(NS(=O)(=O)c2c[nH]c(=O)c(Cl)c2)CCC1=O. The van der Waals surface area contributed by atoms with Gasteiger partial charge in [-0.15, -0.1) is 0 Å². The van der Waals surface area contributed by atoms with Crippen LogP contribution < -0.4 is 10.3 Å². The molecule has 1 aliphatic heterocycles. The van der Waals surface area contributed by atoms with E-state index in [4.69, 9.17) is 11.6 Å². The van der Waals surface area contributed by atoms with Gasteiger partial charge in [-0.05, 0) is 12.5 Å². The summed E-state index contributed by atoms with van der Waals surface area (Å²) in [6.07, 6.45) is 1.84. The van der Waals surface area contributed by atoms with Gasteiger partial charge in [-0.2, -0.15) is 0 Å². The van der Waals surface area contributed by atoms with Gasteiger partial charge < -0.3 is 9.88 Å². The fraction of sp³-hybridized carbons (Fsp3) is 0.455. The third-order valence-corrected chi connectivity index (χ3v) is 4.87. The van der Waals surface area contributed by atoms with E-state index in [2.05, 4.69) is 9.71 Å². The van der Waals surface area contributed by atoms with Crippen LogP contribution in [-0.4, -0.2) is 43.8 Å². The molecule has 1 aromatic heterocycles. The first-order valence-corrected chi connectivity index (χ1v) is 7.80. The summed E-state index contributed by atoms with van der Waals surface area (Å²) in [5.74, 6) is -0.00691. The van der Waals surface area contributed by atoms with Crippen molar-refractivity contribution < 1.29 is 13.2 Å². The highest BCUT2D eigenvalue weighted by Gasteiger charge is 2.27. The molecule has 1 saturated heterocycles. The number of aromatic amines is 1. The zero-order valence-electron chi connectivity index (χ0n) is 10.7. The average molecular weight is 320 g/mol. The molecule has 0 saturated carbocycles. The summed E-state index contributed by atoms with van der Waals surface area (Å²) in [4.78, 5) is 26.1. The quantitative estimate of drug-likeness (QED) is 0.814. The van der Waals surface area contributed by atoms with Crippen LogP contribution in [0.25, 0.3) is 0 Å². The van der Waals surface area contributed by atoms with E-state index >= 15 is 0 Å². The molecule has 1 amide bonds. The zero-order valence-corrected chi connectivity index (χ0v) is 12.3. The largest absolute Gasteiger partial charge is 0.344 e. The molecule has 0 aliphatic carbocycles. The number of aromatic nitrogens is 1. The smallest absolute Gasteiger partial charge is 0.266 e. The zero-order chi connectivity index (χ0) is 14.9. The number of likely N-dealkylation sites (tertiary alicyclic amines) is 1. The first-order chi connectivity index (χ1) is 9.29. The predicted octanol–water partition coefficient (Wildman–Crippen LogP) is -0.0726. The maximum Gasteiger partial charge on any atom is 0.266 e. The molecule has 1 aliphatic rings. The van der Waals surface area contributed by atoms with Crippen LogP contribution in [-0.2, 0) is 14.8 Å². The van der Waals surface area contributed by atoms with Crippen LogP contribution in [0.3, 0.4) is 0 Å². The molecule has 2 N–H and O–H groups in total. The van der Waals surface area contributed by atoms with E-state index in [0.717, 1.165) is 12.3 Å². The number of pyridine rings is 1. The number of halogens is 1. The maximum absolute atomic E-state index is 12.2. The van der Waals surface area contributed by atoms with Crippen LogP contribution in [0.5, 0.6) is 0 Å². The van der Waals surface area contributed by atoms with Crippen molar-refractivity contribution in [1.29, 1.82) is 0 Å². The average Bonchev–Trinajstić information content (AvgIpc) is 2.37. The number of carbonyl (C=O) groups is 1. The Labute approximate surface area is 121 Å². The summed E-state index contributed by atoms with van der Waals surface area (Å²) in [5, 5.41) is -0.191. The molecule has 2 heterocycles. The highest BCUT2D eigenvalue weighted by Crippen LogP contribution is 2.15. The van der Waals surface area contributed by atoms with E-state index in [9.17, 15) is 18.0 Å². The van der Waals surface area contributed by atoms with E-state index in [1.807, 2.05) is 0 Å². The van der Waals surface area contributed by atoms with Crippen LogP contribution >= 0.6 is 11.6 Å². The van der Waals surface area contributed by atoms with Crippen molar-refractivity contribution in [2.75, 3.05) is 13.6 Å². The summed E-state index contributed by atoms with van der Waals surface area (Å²) in [6, 6.07) is 0.744. The Bertz CT molecular complexity index is 685. The van der Waals surface area contributed by atoms with Gasteiger partial charge in [-0.1, -0.05) is 11.6 Å². The molecule has 1 fully saturated rings. The molecule has 2 rings (SSSR count). The van der Waals surface area contributed by atoms with E-state index < -0.39 is 15.6 Å². The number of amides is 1. The lowest BCUT2D eigenvalue weighted by Gasteiger charge is -2.29. The van der Waals surface area contributed by atoms with Gasteiger partial charge in [-0.3, -0.25) is 9.59 Å². The van der Waals surface area contributed by atoms with Crippen LogP contribution in [0.4, 0.5) is 0 Å². The second-order valence-electron chi connectivity index (χ2n) is 4.64. The molecule has 1 unspecified atom stereocenters. The van der Waals surface area contributed by atoms with Gasteiger partial charge in [0.15, 0.2) is 0 Å². The van der Waals surface area contributed by atoms with Crippen LogP contribution in [0, 0.1) is 0 Å². The van der Waals surface area contributed by atoms with E-state index in [1.54, 1.807) is 7.05 Å². The number of piperidine rings is 1. The van der Waals surface area contributed by atoms with Crippen molar-refractivity contribution in [3.63, 3.8) is 0 Å². The minimum absolute atomic E-state index is 0.00691. The molecule has 0 aromatic carbocycles. The van der Waals surface area contributed by atoms with Gasteiger partial charge in [0.2, 0.25) is 15.9 Å². The van der Waals surface area contributed by atoms with Crippen LogP contribution in [0.1, 0.15) is 12.8 Å². The minimum atomic E-state index is -3.78. The van der Waals surface area contributed by atoms with Gasteiger partial charge in [0.1, 0.15) is 5.02 Å². The third-order valence-electron chi connectivity index (χ3n) is 3.09. The van der Waals surface area contributed by atoms with Crippen molar-refractivity contribution in [1.82, 2.24) is 14.6 Å². The summed E-state index contributed by atoms with van der Waals surface area (Å²) in [5.41, 5.74) is -0.548. The van der Waals surface area contributed by atoms with Gasteiger partial charge in [0, 0.05) is 32.3 Å². The Balaban J connectivity index is 2.17. The topological polar surface area (TPSA) is 99.3 Å². The number of hydrogen-bond acceptors (Lipinski definition) is 4. The van der Waals surface area contributed by atoms with Crippen LogP contribution in [0.15, 0.2) is 22.0 Å². The van der Waals surface area contributed by atoms with Crippen molar-refractivity contribution in [3.8, 4) is 0 Å². The normalized spacial score (nSPS) is 20.2. The Morgan fingerprint density at radius 2 is 2.15 bits per heavy atom. The lowest BCUT2D eigenvalue weighted by Crippen LogP contribution is -2.48. The number of rotatable bonds is 3. The second-order valence-corrected chi connectivity index (χ2v) is 6.76. The van der Waals surface area contributed by atoms with Gasteiger partial charge >= 0.3 is 0 Å². The molecule has 110 valence electrons. The summed E-state index contributed by atoms with van der Waals surface area (Å²) < 4.78 is 26.8. The van der Waals surface area contributed by atoms with Crippen LogP contribution in [0.2, 0.25) is 5.02 Å². The van der Waals surface area contributed by atoms with Crippen molar-refractivity contribution in [2.45, 2.75) is 23.8 Å². The van der Waals surface area contributed by atoms with E-state index in [1.165, 1.54) is 4.90 Å². The molecule has 1 atom stereocenters.